The van der Waals surface area contributed by atoms with E-state index in [1.165, 1.54) is 7.11 Å². The lowest BCUT2D eigenvalue weighted by molar-refractivity contribution is -0.141. The Bertz CT molecular complexity index is 395. The minimum atomic E-state index is -0.514. The molecule has 1 rings (SSSR count). The van der Waals surface area contributed by atoms with Gasteiger partial charge in [-0.2, -0.15) is 0 Å². The summed E-state index contributed by atoms with van der Waals surface area (Å²) in [7, 11) is 1.40. The van der Waals surface area contributed by atoms with Gasteiger partial charge in [0.1, 0.15) is 5.60 Å². The molecule has 2 unspecified atom stereocenters. The molecular weight excluding hydrogens is 298 g/mol. The van der Waals surface area contributed by atoms with Crippen molar-refractivity contribution in [1.82, 2.24) is 10.2 Å². The minimum Gasteiger partial charge on any atom is -0.469 e. The number of esters is 1. The van der Waals surface area contributed by atoms with Crippen LogP contribution in [0, 0.1) is 5.92 Å². The highest BCUT2D eigenvalue weighted by Crippen LogP contribution is 2.22. The Labute approximate surface area is 138 Å². The van der Waals surface area contributed by atoms with E-state index in [4.69, 9.17) is 15.2 Å². The second-order valence-corrected chi connectivity index (χ2v) is 7.11. The Hall–Kier alpha value is -1.34. The van der Waals surface area contributed by atoms with Crippen LogP contribution in [-0.4, -0.2) is 61.9 Å². The number of hydrogen-bond donors (Lipinski definition) is 2. The summed E-state index contributed by atoms with van der Waals surface area (Å²) in [5, 5.41) is 2.94. The molecule has 0 radical (unpaired) electrons. The molecule has 1 aliphatic rings. The molecule has 1 aliphatic heterocycles. The van der Waals surface area contributed by atoms with Crippen LogP contribution in [0.4, 0.5) is 4.79 Å². The van der Waals surface area contributed by atoms with Crippen LogP contribution in [0.1, 0.15) is 40.0 Å². The number of nitrogens with one attached hydrogen (secondary N) is 1. The van der Waals surface area contributed by atoms with Crippen LogP contribution in [0.5, 0.6) is 0 Å². The second-order valence-electron chi connectivity index (χ2n) is 7.11. The molecule has 0 aromatic rings. The summed E-state index contributed by atoms with van der Waals surface area (Å²) in [5.74, 6) is 0.131. The maximum Gasteiger partial charge on any atom is 0.407 e. The Morgan fingerprint density at radius 3 is 2.57 bits per heavy atom. The summed E-state index contributed by atoms with van der Waals surface area (Å²) in [6, 6.07) is 0.00722. The highest BCUT2D eigenvalue weighted by Gasteiger charge is 2.29. The van der Waals surface area contributed by atoms with E-state index in [0.29, 0.717) is 18.9 Å². The van der Waals surface area contributed by atoms with Crippen molar-refractivity contribution in [3.05, 3.63) is 0 Å². The van der Waals surface area contributed by atoms with Gasteiger partial charge in [0.25, 0.3) is 0 Å². The molecular formula is C16H31N3O4. The third kappa shape index (κ3) is 8.18. The minimum absolute atomic E-state index is 0.00722. The number of piperidine rings is 1. The number of ether oxygens (including phenoxy) is 2. The number of nitrogens with zero attached hydrogens (tertiary/aromatic N) is 1. The Kier molecular flexibility index (Phi) is 7.78. The average Bonchev–Trinajstić information content (AvgIpc) is 2.42. The van der Waals surface area contributed by atoms with E-state index in [9.17, 15) is 9.59 Å². The first-order chi connectivity index (χ1) is 10.7. The third-order valence-corrected chi connectivity index (χ3v) is 3.76. The molecule has 3 N–H and O–H groups in total. The van der Waals surface area contributed by atoms with Gasteiger partial charge in [-0.1, -0.05) is 0 Å². The molecule has 1 amide bonds. The van der Waals surface area contributed by atoms with E-state index in [1.54, 1.807) is 0 Å². The summed E-state index contributed by atoms with van der Waals surface area (Å²) in [5.41, 5.74) is 5.14. The van der Waals surface area contributed by atoms with E-state index in [2.05, 4.69) is 10.2 Å². The molecule has 134 valence electrons. The molecule has 1 saturated heterocycles. The molecule has 1 fully saturated rings. The lowest BCUT2D eigenvalue weighted by Crippen LogP contribution is -2.52. The smallest absolute Gasteiger partial charge is 0.407 e. The zero-order valence-corrected chi connectivity index (χ0v) is 14.8. The normalized spacial score (nSPS) is 22.5. The molecule has 0 bridgehead atoms. The molecule has 0 saturated carbocycles. The first kappa shape index (κ1) is 19.7. The lowest BCUT2D eigenvalue weighted by atomic mass is 9.90. The van der Waals surface area contributed by atoms with Gasteiger partial charge in [-0.25, -0.2) is 4.79 Å². The molecule has 23 heavy (non-hydrogen) atoms. The monoisotopic (exact) mass is 329 g/mol. The van der Waals surface area contributed by atoms with Crippen molar-refractivity contribution in [2.45, 2.75) is 51.7 Å². The SMILES string of the molecule is COC(=O)CCC1CC(NC(=O)OC(C)(C)C)CN(CCN)C1. The van der Waals surface area contributed by atoms with Gasteiger partial charge >= 0.3 is 12.1 Å². The summed E-state index contributed by atoms with van der Waals surface area (Å²) in [6.45, 7) is 8.52. The van der Waals surface area contributed by atoms with Gasteiger partial charge in [-0.05, 0) is 39.5 Å². The quantitative estimate of drug-likeness (QED) is 0.709. The van der Waals surface area contributed by atoms with Crippen molar-refractivity contribution in [2.24, 2.45) is 11.7 Å². The number of alkyl carbamates (subject to hydrolysis) is 1. The largest absolute Gasteiger partial charge is 0.469 e. The lowest BCUT2D eigenvalue weighted by Gasteiger charge is -2.38. The highest BCUT2D eigenvalue weighted by molar-refractivity contribution is 5.69. The van der Waals surface area contributed by atoms with Crippen LogP contribution in [0.15, 0.2) is 0 Å². The molecule has 7 heteroatoms. The summed E-state index contributed by atoms with van der Waals surface area (Å²) in [4.78, 5) is 25.5. The van der Waals surface area contributed by atoms with Gasteiger partial charge in [-0.3, -0.25) is 9.69 Å². The topological polar surface area (TPSA) is 93.9 Å². The number of likely N-dealkylation sites (tertiary alicyclic amines) is 1. The van der Waals surface area contributed by atoms with Crippen molar-refractivity contribution in [3.63, 3.8) is 0 Å². The van der Waals surface area contributed by atoms with Crippen molar-refractivity contribution >= 4 is 12.1 Å². The van der Waals surface area contributed by atoms with E-state index < -0.39 is 11.7 Å². The van der Waals surface area contributed by atoms with E-state index >= 15 is 0 Å². The molecule has 0 aliphatic carbocycles. The molecule has 7 nitrogen and oxygen atoms in total. The molecule has 1 heterocycles. The van der Waals surface area contributed by atoms with Crippen molar-refractivity contribution in [3.8, 4) is 0 Å². The summed E-state index contributed by atoms with van der Waals surface area (Å²) < 4.78 is 10.0. The number of methoxy groups -OCH3 is 1. The van der Waals surface area contributed by atoms with Gasteiger partial charge in [0, 0.05) is 38.6 Å². The average molecular weight is 329 g/mol. The number of amides is 1. The number of hydrogen-bond acceptors (Lipinski definition) is 6. The fourth-order valence-electron chi connectivity index (χ4n) is 2.88. The Morgan fingerprint density at radius 2 is 2.00 bits per heavy atom. The Balaban J connectivity index is 2.56. The van der Waals surface area contributed by atoms with Crippen molar-refractivity contribution in [1.29, 1.82) is 0 Å². The maximum atomic E-state index is 12.0. The van der Waals surface area contributed by atoms with Gasteiger partial charge in [-0.15, -0.1) is 0 Å². The van der Waals surface area contributed by atoms with Gasteiger partial charge < -0.3 is 20.5 Å². The first-order valence-electron chi connectivity index (χ1n) is 8.22. The van der Waals surface area contributed by atoms with Crippen LogP contribution >= 0.6 is 0 Å². The van der Waals surface area contributed by atoms with Crippen LogP contribution in [0.25, 0.3) is 0 Å². The van der Waals surface area contributed by atoms with Crippen LogP contribution in [0.3, 0.4) is 0 Å². The van der Waals surface area contributed by atoms with Crippen molar-refractivity contribution < 1.29 is 19.1 Å². The predicted octanol–water partition coefficient (Wildman–Crippen LogP) is 1.11. The number of carbonyl (C=O) groups excluding carboxylic acids is 2. The summed E-state index contributed by atoms with van der Waals surface area (Å²) >= 11 is 0. The fraction of sp³-hybridized carbons (Fsp3) is 0.875. The van der Waals surface area contributed by atoms with Gasteiger partial charge in [0.2, 0.25) is 0 Å². The molecule has 0 spiro atoms. The van der Waals surface area contributed by atoms with E-state index in [0.717, 1.165) is 32.5 Å². The van der Waals surface area contributed by atoms with Gasteiger partial charge in [0.05, 0.1) is 7.11 Å². The molecule has 0 aromatic carbocycles. The van der Waals surface area contributed by atoms with Crippen LogP contribution in [-0.2, 0) is 14.3 Å². The third-order valence-electron chi connectivity index (χ3n) is 3.76. The zero-order chi connectivity index (χ0) is 17.5. The van der Waals surface area contributed by atoms with Gasteiger partial charge in [0.15, 0.2) is 0 Å². The number of nitrogens with two attached hydrogens (primary N) is 1. The van der Waals surface area contributed by atoms with Crippen LogP contribution < -0.4 is 11.1 Å². The van der Waals surface area contributed by atoms with Crippen molar-refractivity contribution in [2.75, 3.05) is 33.3 Å². The number of rotatable bonds is 6. The molecule has 2 atom stereocenters. The van der Waals surface area contributed by atoms with Crippen LogP contribution in [0.2, 0.25) is 0 Å². The zero-order valence-electron chi connectivity index (χ0n) is 14.8. The highest BCUT2D eigenvalue weighted by atomic mass is 16.6. The number of carbonyl (C=O) groups is 2. The standard InChI is InChI=1S/C16H31N3O4/c1-16(2,3)23-15(21)18-13-9-12(5-6-14(20)22-4)10-19(11-13)8-7-17/h12-13H,5-11,17H2,1-4H3,(H,18,21). The fourth-order valence-corrected chi connectivity index (χ4v) is 2.88. The van der Waals surface area contributed by atoms with E-state index in [-0.39, 0.29) is 12.0 Å². The first-order valence-corrected chi connectivity index (χ1v) is 8.22. The second kappa shape index (κ2) is 9.08. The molecule has 0 aromatic heterocycles. The summed E-state index contributed by atoms with van der Waals surface area (Å²) in [6.07, 6.45) is 1.58. The maximum absolute atomic E-state index is 12.0. The predicted molar refractivity (Wildman–Crippen MR) is 88.0 cm³/mol. The van der Waals surface area contributed by atoms with E-state index in [1.807, 2.05) is 20.8 Å². The Morgan fingerprint density at radius 1 is 1.30 bits per heavy atom.